The van der Waals surface area contributed by atoms with E-state index in [1.54, 1.807) is 30.8 Å². The maximum Gasteiger partial charge on any atom is 0.324 e. The predicted molar refractivity (Wildman–Crippen MR) is 70.0 cm³/mol. The van der Waals surface area contributed by atoms with Gasteiger partial charge in [0.1, 0.15) is 0 Å². The lowest BCUT2D eigenvalue weighted by molar-refractivity contribution is -0.380. The van der Waals surface area contributed by atoms with Crippen LogP contribution >= 0.6 is 11.3 Å². The molecule has 0 fully saturated rings. The molecule has 0 atom stereocenters. The first kappa shape index (κ1) is 12.3. The first-order valence-electron chi connectivity index (χ1n) is 5.18. The van der Waals surface area contributed by atoms with E-state index in [2.05, 4.69) is 5.32 Å². The Kier molecular flexibility index (Phi) is 3.42. The van der Waals surface area contributed by atoms with Crippen molar-refractivity contribution in [2.75, 3.05) is 5.32 Å². The fourth-order valence-corrected chi connectivity index (χ4v) is 2.18. The van der Waals surface area contributed by atoms with Gasteiger partial charge in [-0.1, -0.05) is 11.3 Å². The van der Waals surface area contributed by atoms with Gasteiger partial charge in [0, 0.05) is 37.3 Å². The number of aryl methyl sites for hydroxylation is 1. The highest BCUT2D eigenvalue weighted by Crippen LogP contribution is 2.23. The Labute approximate surface area is 107 Å². The summed E-state index contributed by atoms with van der Waals surface area (Å²) in [6, 6.07) is 4.70. The molecular weight excluding hydrogens is 254 g/mol. The smallest absolute Gasteiger partial charge is 0.324 e. The molecule has 2 aromatic rings. The fraction of sp³-hybridized carbons (Fsp3) is 0.182. The zero-order valence-corrected chi connectivity index (χ0v) is 10.4. The topological polar surface area (TPSA) is 77.2 Å². The summed E-state index contributed by atoms with van der Waals surface area (Å²) in [4.78, 5) is 21.3. The van der Waals surface area contributed by atoms with E-state index in [-0.39, 0.29) is 10.6 Å². The molecular formula is C11H11N3O3S. The summed E-state index contributed by atoms with van der Waals surface area (Å²) in [6.07, 6.45) is 1.68. The Morgan fingerprint density at radius 2 is 2.28 bits per heavy atom. The SMILES string of the molecule is Cn1cc(NCc2csc([N+](=O)[O-])c2)ccc1=O. The van der Waals surface area contributed by atoms with E-state index in [0.717, 1.165) is 22.6 Å². The van der Waals surface area contributed by atoms with Crippen LogP contribution in [0.3, 0.4) is 0 Å². The molecule has 1 N–H and O–H groups in total. The number of anilines is 1. The van der Waals surface area contributed by atoms with Gasteiger partial charge in [-0.25, -0.2) is 0 Å². The third kappa shape index (κ3) is 2.75. The molecule has 0 spiro atoms. The quantitative estimate of drug-likeness (QED) is 0.677. The van der Waals surface area contributed by atoms with Gasteiger partial charge in [-0.05, 0) is 11.6 Å². The maximum absolute atomic E-state index is 11.2. The van der Waals surface area contributed by atoms with E-state index in [9.17, 15) is 14.9 Å². The summed E-state index contributed by atoms with van der Waals surface area (Å²) in [5.74, 6) is 0. The Bertz CT molecular complexity index is 632. The van der Waals surface area contributed by atoms with Gasteiger partial charge in [-0.3, -0.25) is 14.9 Å². The van der Waals surface area contributed by atoms with Crippen molar-refractivity contribution in [2.24, 2.45) is 7.05 Å². The molecule has 0 aliphatic carbocycles. The van der Waals surface area contributed by atoms with Gasteiger partial charge in [0.05, 0.1) is 10.6 Å². The highest BCUT2D eigenvalue weighted by atomic mass is 32.1. The van der Waals surface area contributed by atoms with Gasteiger partial charge in [0.15, 0.2) is 0 Å². The fourth-order valence-electron chi connectivity index (χ4n) is 1.45. The zero-order valence-electron chi connectivity index (χ0n) is 9.62. The van der Waals surface area contributed by atoms with Crippen LogP contribution in [0.4, 0.5) is 10.7 Å². The van der Waals surface area contributed by atoms with Crippen molar-refractivity contribution in [3.8, 4) is 0 Å². The molecule has 6 nitrogen and oxygen atoms in total. The molecule has 0 unspecified atom stereocenters. The van der Waals surface area contributed by atoms with Crippen LogP contribution in [0.2, 0.25) is 0 Å². The monoisotopic (exact) mass is 265 g/mol. The Hall–Kier alpha value is -2.15. The van der Waals surface area contributed by atoms with Crippen molar-refractivity contribution in [2.45, 2.75) is 6.54 Å². The highest BCUT2D eigenvalue weighted by Gasteiger charge is 2.09. The maximum atomic E-state index is 11.2. The van der Waals surface area contributed by atoms with E-state index in [0.29, 0.717) is 6.54 Å². The summed E-state index contributed by atoms with van der Waals surface area (Å²) in [7, 11) is 1.67. The molecule has 2 rings (SSSR count). The molecule has 0 saturated carbocycles. The molecule has 0 aromatic carbocycles. The van der Waals surface area contributed by atoms with Crippen LogP contribution in [0.5, 0.6) is 0 Å². The van der Waals surface area contributed by atoms with Crippen LogP contribution in [0.25, 0.3) is 0 Å². The van der Waals surface area contributed by atoms with E-state index in [1.165, 1.54) is 10.6 Å². The normalized spacial score (nSPS) is 10.3. The average Bonchev–Trinajstić information content (AvgIpc) is 2.79. The molecule has 0 aliphatic heterocycles. The van der Waals surface area contributed by atoms with Gasteiger partial charge in [-0.15, -0.1) is 0 Å². The van der Waals surface area contributed by atoms with Crippen LogP contribution in [0.1, 0.15) is 5.56 Å². The third-order valence-electron chi connectivity index (χ3n) is 2.40. The molecule has 7 heteroatoms. The van der Waals surface area contributed by atoms with Gasteiger partial charge in [0.25, 0.3) is 0 Å². The number of nitrogens with one attached hydrogen (secondary N) is 1. The Morgan fingerprint density at radius 1 is 1.50 bits per heavy atom. The second-order valence-corrected chi connectivity index (χ2v) is 4.66. The molecule has 94 valence electrons. The molecule has 0 saturated heterocycles. The Morgan fingerprint density at radius 3 is 2.89 bits per heavy atom. The van der Waals surface area contributed by atoms with Crippen molar-refractivity contribution >= 4 is 22.0 Å². The van der Waals surface area contributed by atoms with E-state index in [1.807, 2.05) is 0 Å². The van der Waals surface area contributed by atoms with Gasteiger partial charge >= 0.3 is 5.00 Å². The number of hydrogen-bond donors (Lipinski definition) is 1. The van der Waals surface area contributed by atoms with E-state index >= 15 is 0 Å². The van der Waals surface area contributed by atoms with Crippen LogP contribution < -0.4 is 10.9 Å². The second kappa shape index (κ2) is 5.01. The zero-order chi connectivity index (χ0) is 13.1. The Balaban J connectivity index is 2.04. The minimum Gasteiger partial charge on any atom is -0.380 e. The van der Waals surface area contributed by atoms with Crippen molar-refractivity contribution in [3.63, 3.8) is 0 Å². The lowest BCUT2D eigenvalue weighted by Gasteiger charge is -2.05. The van der Waals surface area contributed by atoms with Crippen LogP contribution in [0.15, 0.2) is 34.6 Å². The van der Waals surface area contributed by atoms with Crippen molar-refractivity contribution in [3.05, 3.63) is 55.8 Å². The molecule has 0 bridgehead atoms. The first-order valence-corrected chi connectivity index (χ1v) is 6.06. The van der Waals surface area contributed by atoms with E-state index in [4.69, 9.17) is 0 Å². The van der Waals surface area contributed by atoms with Gasteiger partial charge in [0.2, 0.25) is 5.56 Å². The average molecular weight is 265 g/mol. The second-order valence-electron chi connectivity index (χ2n) is 3.77. The number of aromatic nitrogens is 1. The standard InChI is InChI=1S/C11H11N3O3S/c1-13-6-9(2-3-10(13)15)12-5-8-4-11(14(16)17)18-7-8/h2-4,6-7,12H,5H2,1H3. The predicted octanol–water partition coefficient (Wildman–Crippen LogP) is 1.97. The number of nitrogens with zero attached hydrogens (tertiary/aromatic N) is 2. The molecule has 0 aliphatic rings. The number of nitro groups is 1. The summed E-state index contributed by atoms with van der Waals surface area (Å²) >= 11 is 1.10. The number of hydrogen-bond acceptors (Lipinski definition) is 5. The lowest BCUT2D eigenvalue weighted by Crippen LogP contribution is -2.15. The van der Waals surface area contributed by atoms with Crippen LogP contribution in [-0.4, -0.2) is 9.49 Å². The lowest BCUT2D eigenvalue weighted by atomic mass is 10.3. The molecule has 2 heterocycles. The summed E-state index contributed by atoms with van der Waals surface area (Å²) < 4.78 is 1.47. The molecule has 2 aromatic heterocycles. The van der Waals surface area contributed by atoms with Gasteiger partial charge in [-0.2, -0.15) is 0 Å². The van der Waals surface area contributed by atoms with Crippen LogP contribution in [-0.2, 0) is 13.6 Å². The number of thiophene rings is 1. The minimum absolute atomic E-state index is 0.0771. The number of rotatable bonds is 4. The van der Waals surface area contributed by atoms with E-state index < -0.39 is 4.92 Å². The highest BCUT2D eigenvalue weighted by molar-refractivity contribution is 7.13. The molecule has 0 amide bonds. The number of pyridine rings is 1. The summed E-state index contributed by atoms with van der Waals surface area (Å²) in [5.41, 5.74) is 1.57. The summed E-state index contributed by atoms with van der Waals surface area (Å²) in [6.45, 7) is 0.489. The van der Waals surface area contributed by atoms with Gasteiger partial charge < -0.3 is 9.88 Å². The first-order chi connectivity index (χ1) is 8.56. The van der Waals surface area contributed by atoms with Crippen molar-refractivity contribution < 1.29 is 4.92 Å². The minimum atomic E-state index is -0.402. The van der Waals surface area contributed by atoms with Crippen molar-refractivity contribution in [1.29, 1.82) is 0 Å². The van der Waals surface area contributed by atoms with Crippen molar-refractivity contribution in [1.82, 2.24) is 4.57 Å². The largest absolute Gasteiger partial charge is 0.380 e. The molecule has 0 radical (unpaired) electrons. The summed E-state index contributed by atoms with van der Waals surface area (Å²) in [5, 5.41) is 15.5. The van der Waals surface area contributed by atoms with Crippen LogP contribution in [0, 0.1) is 10.1 Å². The third-order valence-corrected chi connectivity index (χ3v) is 3.33. The molecule has 18 heavy (non-hydrogen) atoms.